The van der Waals surface area contributed by atoms with Gasteiger partial charge in [-0.05, 0) is 52.2 Å². The molecule has 1 atom stereocenters. The summed E-state index contributed by atoms with van der Waals surface area (Å²) in [5, 5.41) is 4.01. The van der Waals surface area contributed by atoms with Crippen LogP contribution >= 0.6 is 7.60 Å². The van der Waals surface area contributed by atoms with Gasteiger partial charge in [-0.25, -0.2) is 0 Å². The van der Waals surface area contributed by atoms with Gasteiger partial charge in [0.2, 0.25) is 5.89 Å². The van der Waals surface area contributed by atoms with Gasteiger partial charge in [-0.1, -0.05) is 36.3 Å². The van der Waals surface area contributed by atoms with Crippen molar-refractivity contribution in [2.24, 2.45) is 0 Å². The number of rotatable bonds is 11. The van der Waals surface area contributed by atoms with Gasteiger partial charge < -0.3 is 18.3 Å². The second kappa shape index (κ2) is 11.0. The number of carbonyl (C=O) groups excluding carboxylic acids is 1. The first-order valence-electron chi connectivity index (χ1n) is 10.6. The minimum absolute atomic E-state index is 0.103. The second-order valence-electron chi connectivity index (χ2n) is 8.08. The summed E-state index contributed by atoms with van der Waals surface area (Å²) in [6.07, 6.45) is 1.35. The summed E-state index contributed by atoms with van der Waals surface area (Å²) < 4.78 is 35.0. The molecule has 0 aliphatic rings. The summed E-state index contributed by atoms with van der Waals surface area (Å²) in [4.78, 5) is 17.3. The Balaban J connectivity index is 2.23. The maximum Gasteiger partial charge on any atom is 0.345 e. The van der Waals surface area contributed by atoms with E-state index in [0.717, 1.165) is 12.0 Å². The summed E-state index contributed by atoms with van der Waals surface area (Å²) in [5.41, 5.74) is 0.329. The van der Waals surface area contributed by atoms with Crippen molar-refractivity contribution in [1.29, 1.82) is 0 Å². The van der Waals surface area contributed by atoms with E-state index < -0.39 is 24.8 Å². The summed E-state index contributed by atoms with van der Waals surface area (Å²) in [5.74, 6) is -0.0341. The molecule has 1 heterocycles. The molecular formula is C22H33N2O6P. The number of hydrogen-bond acceptors (Lipinski definition) is 8. The minimum atomic E-state index is -3.81. The van der Waals surface area contributed by atoms with Gasteiger partial charge in [0, 0.05) is 6.42 Å². The number of benzene rings is 1. The molecule has 9 heteroatoms. The number of carbonyl (C=O) groups is 1. The van der Waals surface area contributed by atoms with E-state index in [1.165, 1.54) is 5.56 Å². The molecule has 1 aromatic carbocycles. The molecule has 0 N–H and O–H groups in total. The van der Waals surface area contributed by atoms with Gasteiger partial charge in [-0.3, -0.25) is 9.36 Å². The van der Waals surface area contributed by atoms with Crippen LogP contribution in [0.4, 0.5) is 0 Å². The van der Waals surface area contributed by atoms with E-state index in [1.807, 2.05) is 12.1 Å². The Hall–Kier alpha value is -2.02. The summed E-state index contributed by atoms with van der Waals surface area (Å²) in [6, 6.07) is 8.18. The topological polar surface area (TPSA) is 101 Å². The highest BCUT2D eigenvalue weighted by atomic mass is 31.2. The molecule has 172 valence electrons. The van der Waals surface area contributed by atoms with Gasteiger partial charge in [0.15, 0.2) is 11.5 Å². The van der Waals surface area contributed by atoms with E-state index in [1.54, 1.807) is 34.6 Å². The van der Waals surface area contributed by atoms with Crippen molar-refractivity contribution in [2.75, 3.05) is 13.2 Å². The van der Waals surface area contributed by atoms with Crippen LogP contribution in [-0.4, -0.2) is 40.6 Å². The van der Waals surface area contributed by atoms with Crippen molar-refractivity contribution in [3.05, 3.63) is 47.1 Å². The van der Waals surface area contributed by atoms with Crippen LogP contribution in [0.1, 0.15) is 64.4 Å². The average Bonchev–Trinajstić information content (AvgIpc) is 3.12. The van der Waals surface area contributed by atoms with Crippen LogP contribution in [0.2, 0.25) is 0 Å². The van der Waals surface area contributed by atoms with Crippen LogP contribution in [0.15, 0.2) is 28.8 Å². The molecule has 0 aliphatic heterocycles. The fourth-order valence-electron chi connectivity index (χ4n) is 2.96. The Morgan fingerprint density at radius 3 is 2.16 bits per heavy atom. The van der Waals surface area contributed by atoms with E-state index in [9.17, 15) is 9.36 Å². The first-order chi connectivity index (χ1) is 14.6. The normalized spacial score (nSPS) is 13.2. The zero-order valence-corrected chi connectivity index (χ0v) is 20.1. The lowest BCUT2D eigenvalue weighted by atomic mass is 10.1. The van der Waals surface area contributed by atoms with Crippen molar-refractivity contribution in [2.45, 2.75) is 72.1 Å². The third-order valence-corrected chi connectivity index (χ3v) is 6.74. The molecule has 0 amide bonds. The van der Waals surface area contributed by atoms with Crippen LogP contribution in [-0.2, 0) is 42.4 Å². The van der Waals surface area contributed by atoms with E-state index in [4.69, 9.17) is 18.3 Å². The number of aromatic nitrogens is 2. The summed E-state index contributed by atoms with van der Waals surface area (Å²) in [7, 11) is -3.81. The third kappa shape index (κ3) is 7.56. The summed E-state index contributed by atoms with van der Waals surface area (Å²) in [6.45, 7) is 10.9. The fourth-order valence-corrected chi connectivity index (χ4v) is 4.80. The Morgan fingerprint density at radius 1 is 1.06 bits per heavy atom. The zero-order valence-electron chi connectivity index (χ0n) is 19.2. The predicted molar refractivity (Wildman–Crippen MR) is 117 cm³/mol. The molecule has 31 heavy (non-hydrogen) atoms. The van der Waals surface area contributed by atoms with Gasteiger partial charge in [-0.15, -0.1) is 0 Å². The first-order valence-corrected chi connectivity index (χ1v) is 12.2. The van der Waals surface area contributed by atoms with Gasteiger partial charge in [0.25, 0.3) is 0 Å². The highest BCUT2D eigenvalue weighted by Crippen LogP contribution is 2.54. The van der Waals surface area contributed by atoms with Gasteiger partial charge >= 0.3 is 13.6 Å². The van der Waals surface area contributed by atoms with E-state index in [2.05, 4.69) is 29.2 Å². The van der Waals surface area contributed by atoms with Crippen LogP contribution in [0, 0.1) is 0 Å². The molecule has 1 unspecified atom stereocenters. The molecular weight excluding hydrogens is 419 g/mol. The fraction of sp³-hybridized carbons (Fsp3) is 0.591. The minimum Gasteiger partial charge on any atom is -0.459 e. The first kappa shape index (κ1) is 25.2. The Morgan fingerprint density at radius 2 is 1.65 bits per heavy atom. The Kier molecular flexibility index (Phi) is 8.98. The largest absolute Gasteiger partial charge is 0.459 e. The lowest BCUT2D eigenvalue weighted by Gasteiger charge is -2.27. The number of esters is 1. The number of aryl methyl sites for hydroxylation is 1. The molecule has 0 bridgehead atoms. The van der Waals surface area contributed by atoms with Crippen LogP contribution in [0.25, 0.3) is 0 Å². The second-order valence-corrected chi connectivity index (χ2v) is 10.3. The lowest BCUT2D eigenvalue weighted by Crippen LogP contribution is -2.34. The van der Waals surface area contributed by atoms with Crippen LogP contribution in [0.5, 0.6) is 0 Å². The Bertz CT molecular complexity index is 878. The van der Waals surface area contributed by atoms with E-state index >= 15 is 0 Å². The number of ether oxygens (including phenoxy) is 1. The predicted octanol–water partition coefficient (Wildman–Crippen LogP) is 4.74. The molecule has 2 rings (SSSR count). The van der Waals surface area contributed by atoms with Crippen LogP contribution in [0.3, 0.4) is 0 Å². The van der Waals surface area contributed by atoms with Gasteiger partial charge in [0.1, 0.15) is 5.60 Å². The average molecular weight is 452 g/mol. The van der Waals surface area contributed by atoms with Crippen molar-refractivity contribution < 1.29 is 27.7 Å². The van der Waals surface area contributed by atoms with Gasteiger partial charge in [-0.2, -0.15) is 4.98 Å². The third-order valence-electron chi connectivity index (χ3n) is 4.35. The standard InChI is InChI=1S/C22H33N2O6P/c1-7-16-10-12-17(13-11-16)14-19-23-20(30-24-19)15-18(21(25)29-22(4,5)6)31(26,27-8-2)28-9-3/h10-13,18H,7-9,14-15H2,1-6H3. The lowest BCUT2D eigenvalue weighted by molar-refractivity contribution is -0.154. The molecule has 0 radical (unpaired) electrons. The highest BCUT2D eigenvalue weighted by Gasteiger charge is 2.44. The summed E-state index contributed by atoms with van der Waals surface area (Å²) >= 11 is 0. The molecule has 8 nitrogen and oxygen atoms in total. The van der Waals surface area contributed by atoms with E-state index in [0.29, 0.717) is 12.2 Å². The molecule has 0 aliphatic carbocycles. The molecule has 0 spiro atoms. The molecule has 2 aromatic rings. The molecule has 0 saturated carbocycles. The van der Waals surface area contributed by atoms with Crippen molar-refractivity contribution in [3.8, 4) is 0 Å². The van der Waals surface area contributed by atoms with Crippen molar-refractivity contribution in [1.82, 2.24) is 10.1 Å². The number of nitrogens with zero attached hydrogens (tertiary/aromatic N) is 2. The maximum absolute atomic E-state index is 13.4. The molecule has 1 aromatic heterocycles. The smallest absolute Gasteiger partial charge is 0.345 e. The van der Waals surface area contributed by atoms with Crippen LogP contribution < -0.4 is 0 Å². The monoisotopic (exact) mass is 452 g/mol. The van der Waals surface area contributed by atoms with Crippen molar-refractivity contribution >= 4 is 13.6 Å². The van der Waals surface area contributed by atoms with E-state index in [-0.39, 0.29) is 25.5 Å². The SMILES string of the molecule is CCOP(=O)(OCC)C(Cc1nc(Cc2ccc(CC)cc2)no1)C(=O)OC(C)(C)C. The van der Waals surface area contributed by atoms with Gasteiger partial charge in [0.05, 0.1) is 19.6 Å². The quantitative estimate of drug-likeness (QED) is 0.356. The highest BCUT2D eigenvalue weighted by molar-refractivity contribution is 7.55. The Labute approximate surface area is 184 Å². The van der Waals surface area contributed by atoms with Crippen molar-refractivity contribution in [3.63, 3.8) is 0 Å². The maximum atomic E-state index is 13.4. The zero-order chi connectivity index (χ0) is 23.1. The molecule has 0 saturated heterocycles. The molecule has 0 fully saturated rings. The number of hydrogen-bond donors (Lipinski definition) is 0.